The van der Waals surface area contributed by atoms with Crippen LogP contribution in [-0.2, 0) is 34.2 Å². The zero-order valence-corrected chi connectivity index (χ0v) is 17.4. The molecule has 7 heteroatoms. The molecule has 2 aliphatic heterocycles. The minimum Gasteiger partial charge on any atom is -0.383 e. The molecule has 2 aromatic rings. The largest absolute Gasteiger partial charge is 0.383 e. The number of carbonyl (C=O) groups excluding carboxylic acids is 1. The van der Waals surface area contributed by atoms with E-state index in [2.05, 4.69) is 0 Å². The van der Waals surface area contributed by atoms with Gasteiger partial charge >= 0.3 is 0 Å². The molecule has 0 unspecified atom stereocenters. The van der Waals surface area contributed by atoms with Crippen LogP contribution in [-0.4, -0.2) is 43.5 Å². The van der Waals surface area contributed by atoms with Crippen LogP contribution in [0.2, 0.25) is 0 Å². The van der Waals surface area contributed by atoms with Crippen LogP contribution in [0.1, 0.15) is 36.5 Å². The fourth-order valence-electron chi connectivity index (χ4n) is 4.14. The highest BCUT2D eigenvalue weighted by molar-refractivity contribution is 7.92. The molecule has 1 N–H and O–H groups in total. The number of anilines is 1. The van der Waals surface area contributed by atoms with Gasteiger partial charge in [0, 0.05) is 19.6 Å². The van der Waals surface area contributed by atoms with Crippen molar-refractivity contribution in [2.75, 3.05) is 17.4 Å². The van der Waals surface area contributed by atoms with E-state index >= 15 is 0 Å². The molecular formula is C22H26N2O4S. The minimum absolute atomic E-state index is 0.248. The molecule has 6 nitrogen and oxygen atoms in total. The van der Waals surface area contributed by atoms with Crippen molar-refractivity contribution in [1.29, 1.82) is 0 Å². The molecule has 0 aliphatic carbocycles. The molecule has 0 aromatic heterocycles. The van der Waals surface area contributed by atoms with Crippen LogP contribution >= 0.6 is 0 Å². The summed E-state index contributed by atoms with van der Waals surface area (Å²) in [5, 5.41) is 9.88. The lowest BCUT2D eigenvalue weighted by Gasteiger charge is -2.32. The number of nitrogens with zero attached hydrogens (tertiary/aromatic N) is 2. The molecule has 1 atom stereocenters. The SMILES string of the molecule is CC[C@H](O)C(=O)N1CCc2ccc(S(=O)(=O)N3CCCc4ccccc43)cc2C1. The average molecular weight is 415 g/mol. The number of hydrogen-bond donors (Lipinski definition) is 1. The zero-order chi connectivity index (χ0) is 20.6. The molecule has 29 heavy (non-hydrogen) atoms. The molecule has 0 saturated carbocycles. The van der Waals surface area contributed by atoms with Crippen molar-refractivity contribution < 1.29 is 18.3 Å². The predicted octanol–water partition coefficient (Wildman–Crippen LogP) is 2.48. The molecule has 2 aromatic carbocycles. The van der Waals surface area contributed by atoms with Gasteiger partial charge in [-0.05, 0) is 60.6 Å². The van der Waals surface area contributed by atoms with Gasteiger partial charge in [-0.1, -0.05) is 31.2 Å². The Morgan fingerprint density at radius 3 is 2.66 bits per heavy atom. The highest BCUT2D eigenvalue weighted by Gasteiger charge is 2.31. The fraction of sp³-hybridized carbons (Fsp3) is 0.409. The van der Waals surface area contributed by atoms with Crippen LogP contribution in [0.25, 0.3) is 0 Å². The van der Waals surface area contributed by atoms with Gasteiger partial charge in [-0.3, -0.25) is 9.10 Å². The zero-order valence-electron chi connectivity index (χ0n) is 16.5. The second kappa shape index (κ2) is 7.80. The molecule has 0 spiro atoms. The number of sulfonamides is 1. The number of aliphatic hydroxyl groups is 1. The first-order valence-electron chi connectivity index (χ1n) is 10.1. The van der Waals surface area contributed by atoms with E-state index in [1.165, 1.54) is 4.31 Å². The summed E-state index contributed by atoms with van der Waals surface area (Å²) in [6.45, 7) is 3.09. The fourth-order valence-corrected chi connectivity index (χ4v) is 5.74. The van der Waals surface area contributed by atoms with Gasteiger partial charge in [0.2, 0.25) is 0 Å². The van der Waals surface area contributed by atoms with Crippen molar-refractivity contribution in [2.24, 2.45) is 0 Å². The van der Waals surface area contributed by atoms with E-state index in [1.807, 2.05) is 30.3 Å². The topological polar surface area (TPSA) is 77.9 Å². The number of para-hydroxylation sites is 1. The Hall–Kier alpha value is -2.38. The number of carbonyl (C=O) groups is 1. The lowest BCUT2D eigenvalue weighted by atomic mass is 9.99. The normalized spacial score (nSPS) is 17.4. The maximum absolute atomic E-state index is 13.4. The van der Waals surface area contributed by atoms with Gasteiger partial charge in [0.15, 0.2) is 0 Å². The van der Waals surface area contributed by atoms with Gasteiger partial charge in [0.1, 0.15) is 6.10 Å². The third-order valence-corrected chi connectivity index (χ3v) is 7.64. The lowest BCUT2D eigenvalue weighted by Crippen LogP contribution is -2.42. The Morgan fingerprint density at radius 2 is 1.86 bits per heavy atom. The second-order valence-electron chi connectivity index (χ2n) is 7.67. The van der Waals surface area contributed by atoms with E-state index in [0.717, 1.165) is 35.2 Å². The van der Waals surface area contributed by atoms with Crippen molar-refractivity contribution >= 4 is 21.6 Å². The maximum Gasteiger partial charge on any atom is 0.264 e. The van der Waals surface area contributed by atoms with Gasteiger partial charge in [0.25, 0.3) is 15.9 Å². The van der Waals surface area contributed by atoms with E-state index < -0.39 is 16.1 Å². The van der Waals surface area contributed by atoms with Gasteiger partial charge in [-0.15, -0.1) is 0 Å². The number of hydrogen-bond acceptors (Lipinski definition) is 4. The van der Waals surface area contributed by atoms with Gasteiger partial charge in [-0.25, -0.2) is 8.42 Å². The number of rotatable bonds is 4. The Bertz CT molecular complexity index is 1030. The molecule has 2 heterocycles. The number of fused-ring (bicyclic) bond motifs is 2. The molecule has 154 valence electrons. The van der Waals surface area contributed by atoms with Crippen LogP contribution in [0, 0.1) is 0 Å². The average Bonchev–Trinajstić information content (AvgIpc) is 2.76. The summed E-state index contributed by atoms with van der Waals surface area (Å²) in [6.07, 6.45) is 1.69. The molecule has 0 saturated heterocycles. The minimum atomic E-state index is -3.69. The van der Waals surface area contributed by atoms with Crippen molar-refractivity contribution in [3.63, 3.8) is 0 Å². The predicted molar refractivity (Wildman–Crippen MR) is 111 cm³/mol. The Labute approximate surface area is 171 Å². The van der Waals surface area contributed by atoms with Crippen LogP contribution in [0.3, 0.4) is 0 Å². The van der Waals surface area contributed by atoms with E-state index in [0.29, 0.717) is 32.5 Å². The first kappa shape index (κ1) is 19.9. The molecule has 2 aliphatic rings. The monoisotopic (exact) mass is 414 g/mol. The van der Waals surface area contributed by atoms with Crippen molar-refractivity contribution in [2.45, 2.75) is 50.2 Å². The van der Waals surface area contributed by atoms with Crippen molar-refractivity contribution in [3.05, 3.63) is 59.2 Å². The number of aliphatic hydroxyl groups excluding tert-OH is 1. The number of amides is 1. The van der Waals surface area contributed by atoms with E-state index in [-0.39, 0.29) is 10.8 Å². The Morgan fingerprint density at radius 1 is 1.07 bits per heavy atom. The molecule has 0 bridgehead atoms. The summed E-state index contributed by atoms with van der Waals surface area (Å²) in [6, 6.07) is 12.9. The van der Waals surface area contributed by atoms with Crippen LogP contribution in [0.4, 0.5) is 5.69 Å². The Kier molecular flexibility index (Phi) is 5.36. The summed E-state index contributed by atoms with van der Waals surface area (Å²) >= 11 is 0. The van der Waals surface area contributed by atoms with Gasteiger partial charge in [0.05, 0.1) is 10.6 Å². The smallest absolute Gasteiger partial charge is 0.264 e. The summed E-state index contributed by atoms with van der Waals surface area (Å²) in [5.74, 6) is -0.295. The third-order valence-electron chi connectivity index (χ3n) is 5.83. The summed E-state index contributed by atoms with van der Waals surface area (Å²) in [4.78, 5) is 14.2. The highest BCUT2D eigenvalue weighted by atomic mass is 32.2. The molecule has 0 radical (unpaired) electrons. The second-order valence-corrected chi connectivity index (χ2v) is 9.54. The standard InChI is InChI=1S/C22H26N2O4S/c1-2-21(25)22(26)23-13-11-16-9-10-19(14-18(16)15-23)29(27,28)24-12-5-7-17-6-3-4-8-20(17)24/h3-4,6,8-10,14,21,25H,2,5,7,11-13,15H2,1H3/t21-/m0/s1. The van der Waals surface area contributed by atoms with Crippen LogP contribution in [0.5, 0.6) is 0 Å². The van der Waals surface area contributed by atoms with Gasteiger partial charge < -0.3 is 10.0 Å². The summed E-state index contributed by atoms with van der Waals surface area (Å²) < 4.78 is 28.3. The maximum atomic E-state index is 13.4. The highest BCUT2D eigenvalue weighted by Crippen LogP contribution is 2.33. The Balaban J connectivity index is 1.65. The van der Waals surface area contributed by atoms with Gasteiger partial charge in [-0.2, -0.15) is 0 Å². The lowest BCUT2D eigenvalue weighted by molar-refractivity contribution is -0.141. The molecular weight excluding hydrogens is 388 g/mol. The van der Waals surface area contributed by atoms with Crippen LogP contribution < -0.4 is 4.31 Å². The molecule has 4 rings (SSSR count). The summed E-state index contributed by atoms with van der Waals surface area (Å²) in [7, 11) is -3.69. The number of benzene rings is 2. The van der Waals surface area contributed by atoms with E-state index in [1.54, 1.807) is 24.0 Å². The number of aryl methyl sites for hydroxylation is 1. The van der Waals surface area contributed by atoms with E-state index in [4.69, 9.17) is 0 Å². The first-order valence-corrected chi connectivity index (χ1v) is 11.5. The summed E-state index contributed by atoms with van der Waals surface area (Å²) in [5.41, 5.74) is 3.68. The van der Waals surface area contributed by atoms with Crippen molar-refractivity contribution in [3.8, 4) is 0 Å². The van der Waals surface area contributed by atoms with Crippen molar-refractivity contribution in [1.82, 2.24) is 4.90 Å². The van der Waals surface area contributed by atoms with E-state index in [9.17, 15) is 18.3 Å². The first-order chi connectivity index (χ1) is 13.9. The third kappa shape index (κ3) is 3.65. The quantitative estimate of drug-likeness (QED) is 0.834. The molecule has 1 amide bonds. The van der Waals surface area contributed by atoms with Crippen LogP contribution in [0.15, 0.2) is 47.4 Å². The molecule has 0 fully saturated rings.